The number of terminal acetylenes is 1. The van der Waals surface area contributed by atoms with E-state index in [1.807, 2.05) is 0 Å². The Morgan fingerprint density at radius 3 is 2.50 bits per heavy atom. The van der Waals surface area contributed by atoms with Crippen molar-refractivity contribution >= 4 is 0 Å². The first kappa shape index (κ1) is 8.10. The molecular weight excluding hydrogens is 148 g/mol. The van der Waals surface area contributed by atoms with Crippen molar-refractivity contribution in [1.29, 1.82) is 0 Å². The molecule has 2 aliphatic heterocycles. The molecule has 2 heteroatoms. The minimum atomic E-state index is 0.542. The molecule has 2 aliphatic rings. The zero-order valence-electron chi connectivity index (χ0n) is 7.42. The molecule has 1 N–H and O–H groups in total. The molecule has 0 aromatic carbocycles. The van der Waals surface area contributed by atoms with Gasteiger partial charge < -0.3 is 5.32 Å². The number of nitrogens with one attached hydrogen (secondary N) is 1. The third kappa shape index (κ3) is 1.48. The van der Waals surface area contributed by atoms with Gasteiger partial charge >= 0.3 is 0 Å². The SMILES string of the molecule is C#CC1CN(C2CCNCC2)C1. The summed E-state index contributed by atoms with van der Waals surface area (Å²) in [5.74, 6) is 3.35. The van der Waals surface area contributed by atoms with Gasteiger partial charge in [0.1, 0.15) is 0 Å². The van der Waals surface area contributed by atoms with E-state index < -0.39 is 0 Å². The highest BCUT2D eigenvalue weighted by Crippen LogP contribution is 2.22. The summed E-state index contributed by atoms with van der Waals surface area (Å²) in [6, 6.07) is 0.816. The first-order valence-corrected chi connectivity index (χ1v) is 4.81. The summed E-state index contributed by atoms with van der Waals surface area (Å²) in [6.45, 7) is 4.64. The van der Waals surface area contributed by atoms with E-state index in [2.05, 4.69) is 16.1 Å². The molecule has 2 fully saturated rings. The second kappa shape index (κ2) is 3.47. The van der Waals surface area contributed by atoms with Crippen molar-refractivity contribution in [1.82, 2.24) is 10.2 Å². The number of likely N-dealkylation sites (tertiary alicyclic amines) is 1. The standard InChI is InChI=1S/C10H16N2/c1-2-9-7-12(8-9)10-3-5-11-6-4-10/h1,9-11H,3-8H2. The fourth-order valence-electron chi connectivity index (χ4n) is 2.09. The third-order valence-electron chi connectivity index (χ3n) is 2.97. The van der Waals surface area contributed by atoms with E-state index >= 15 is 0 Å². The van der Waals surface area contributed by atoms with E-state index in [1.54, 1.807) is 0 Å². The summed E-state index contributed by atoms with van der Waals surface area (Å²) in [4.78, 5) is 2.53. The van der Waals surface area contributed by atoms with Crippen molar-refractivity contribution in [3.63, 3.8) is 0 Å². The third-order valence-corrected chi connectivity index (χ3v) is 2.97. The lowest BCUT2D eigenvalue weighted by molar-refractivity contribution is 0.0640. The Kier molecular flexibility index (Phi) is 2.34. The maximum Gasteiger partial charge on any atom is 0.0454 e. The summed E-state index contributed by atoms with van der Waals surface area (Å²) in [5, 5.41) is 3.38. The van der Waals surface area contributed by atoms with Gasteiger partial charge in [0, 0.05) is 25.0 Å². The Morgan fingerprint density at radius 1 is 1.25 bits per heavy atom. The highest BCUT2D eigenvalue weighted by atomic mass is 15.2. The van der Waals surface area contributed by atoms with Gasteiger partial charge in [0.05, 0.1) is 0 Å². The zero-order chi connectivity index (χ0) is 8.39. The van der Waals surface area contributed by atoms with Crippen molar-refractivity contribution in [2.24, 2.45) is 5.92 Å². The highest BCUT2D eigenvalue weighted by Gasteiger charge is 2.31. The summed E-state index contributed by atoms with van der Waals surface area (Å²) >= 11 is 0. The highest BCUT2D eigenvalue weighted by molar-refractivity contribution is 5.03. The van der Waals surface area contributed by atoms with Crippen molar-refractivity contribution in [2.75, 3.05) is 26.2 Å². The average Bonchev–Trinajstić information content (AvgIpc) is 2.04. The molecule has 0 aromatic heterocycles. The monoisotopic (exact) mass is 164 g/mol. The first-order chi connectivity index (χ1) is 5.90. The molecule has 2 heterocycles. The quantitative estimate of drug-likeness (QED) is 0.561. The van der Waals surface area contributed by atoms with Crippen molar-refractivity contribution in [2.45, 2.75) is 18.9 Å². The number of nitrogens with zero attached hydrogens (tertiary/aromatic N) is 1. The lowest BCUT2D eigenvalue weighted by atomic mass is 9.94. The molecule has 2 nitrogen and oxygen atoms in total. The van der Waals surface area contributed by atoms with Crippen LogP contribution in [0.5, 0.6) is 0 Å². The molecule has 0 atom stereocenters. The fraction of sp³-hybridized carbons (Fsp3) is 0.800. The van der Waals surface area contributed by atoms with Crippen LogP contribution in [-0.4, -0.2) is 37.1 Å². The van der Waals surface area contributed by atoms with Crippen LogP contribution in [0.2, 0.25) is 0 Å². The Morgan fingerprint density at radius 2 is 1.92 bits per heavy atom. The van der Waals surface area contributed by atoms with Crippen LogP contribution in [0.3, 0.4) is 0 Å². The molecule has 0 spiro atoms. The number of piperidine rings is 1. The molecule has 2 rings (SSSR count). The van der Waals surface area contributed by atoms with Gasteiger partial charge in [-0.15, -0.1) is 12.3 Å². The lowest BCUT2D eigenvalue weighted by Gasteiger charge is -2.43. The maximum atomic E-state index is 5.34. The van der Waals surface area contributed by atoms with Gasteiger partial charge in [0.15, 0.2) is 0 Å². The van der Waals surface area contributed by atoms with Gasteiger partial charge in [-0.05, 0) is 25.9 Å². The van der Waals surface area contributed by atoms with Crippen LogP contribution in [0.1, 0.15) is 12.8 Å². The Bertz CT molecular complexity index is 183. The maximum absolute atomic E-state index is 5.34. The van der Waals surface area contributed by atoms with Gasteiger partial charge in [-0.25, -0.2) is 0 Å². The van der Waals surface area contributed by atoms with Crippen LogP contribution in [0, 0.1) is 18.3 Å². The van der Waals surface area contributed by atoms with Gasteiger partial charge in [0.25, 0.3) is 0 Å². The predicted molar refractivity (Wildman–Crippen MR) is 49.8 cm³/mol. The van der Waals surface area contributed by atoms with E-state index in [4.69, 9.17) is 6.42 Å². The van der Waals surface area contributed by atoms with Crippen LogP contribution < -0.4 is 5.32 Å². The number of hydrogen-bond donors (Lipinski definition) is 1. The van der Waals surface area contributed by atoms with Crippen molar-refractivity contribution in [3.05, 3.63) is 0 Å². The summed E-state index contributed by atoms with van der Waals surface area (Å²) in [7, 11) is 0. The molecule has 66 valence electrons. The molecule has 12 heavy (non-hydrogen) atoms. The fourth-order valence-corrected chi connectivity index (χ4v) is 2.09. The molecule has 2 saturated heterocycles. The molecule has 0 aliphatic carbocycles. The van der Waals surface area contributed by atoms with Crippen LogP contribution >= 0.6 is 0 Å². The van der Waals surface area contributed by atoms with E-state index in [0.29, 0.717) is 5.92 Å². The molecule has 0 unspecified atom stereocenters. The lowest BCUT2D eigenvalue weighted by Crippen LogP contribution is -2.54. The van der Waals surface area contributed by atoms with Crippen LogP contribution in [-0.2, 0) is 0 Å². The summed E-state index contributed by atoms with van der Waals surface area (Å²) < 4.78 is 0. The molecule has 0 saturated carbocycles. The first-order valence-electron chi connectivity index (χ1n) is 4.81. The largest absolute Gasteiger partial charge is 0.317 e. The molecule has 0 bridgehead atoms. The summed E-state index contributed by atoms with van der Waals surface area (Å²) in [5.41, 5.74) is 0. The van der Waals surface area contributed by atoms with E-state index in [-0.39, 0.29) is 0 Å². The Hall–Kier alpha value is -0.520. The molecule has 0 radical (unpaired) electrons. The smallest absolute Gasteiger partial charge is 0.0454 e. The number of rotatable bonds is 1. The number of hydrogen-bond acceptors (Lipinski definition) is 2. The Balaban J connectivity index is 1.76. The van der Waals surface area contributed by atoms with Crippen LogP contribution in [0.15, 0.2) is 0 Å². The normalized spacial score (nSPS) is 27.9. The summed E-state index contributed by atoms with van der Waals surface area (Å²) in [6.07, 6.45) is 7.94. The van der Waals surface area contributed by atoms with E-state index in [0.717, 1.165) is 19.1 Å². The second-order valence-corrected chi connectivity index (χ2v) is 3.80. The van der Waals surface area contributed by atoms with Gasteiger partial charge in [0.2, 0.25) is 0 Å². The van der Waals surface area contributed by atoms with Gasteiger partial charge in [-0.1, -0.05) is 0 Å². The van der Waals surface area contributed by atoms with Crippen molar-refractivity contribution < 1.29 is 0 Å². The minimum absolute atomic E-state index is 0.542. The van der Waals surface area contributed by atoms with E-state index in [1.165, 1.54) is 25.9 Å². The van der Waals surface area contributed by atoms with Crippen LogP contribution in [0.25, 0.3) is 0 Å². The predicted octanol–water partition coefficient (Wildman–Crippen LogP) is 0.303. The molecule has 0 aromatic rings. The topological polar surface area (TPSA) is 15.3 Å². The van der Waals surface area contributed by atoms with Crippen LogP contribution in [0.4, 0.5) is 0 Å². The van der Waals surface area contributed by atoms with E-state index in [9.17, 15) is 0 Å². The van der Waals surface area contributed by atoms with Crippen molar-refractivity contribution in [3.8, 4) is 12.3 Å². The average molecular weight is 164 g/mol. The zero-order valence-corrected chi connectivity index (χ0v) is 7.42. The Labute approximate surface area is 74.3 Å². The van der Waals surface area contributed by atoms with Gasteiger partial charge in [-0.2, -0.15) is 0 Å². The minimum Gasteiger partial charge on any atom is -0.317 e. The molecular formula is C10H16N2. The molecule has 0 amide bonds. The van der Waals surface area contributed by atoms with Gasteiger partial charge in [-0.3, -0.25) is 4.90 Å². The second-order valence-electron chi connectivity index (χ2n) is 3.80.